The van der Waals surface area contributed by atoms with Gasteiger partial charge in [0, 0.05) is 25.7 Å². The molecule has 0 aliphatic heterocycles. The van der Waals surface area contributed by atoms with Crippen molar-refractivity contribution in [2.24, 2.45) is 0 Å². The first kappa shape index (κ1) is 87.1. The van der Waals surface area contributed by atoms with E-state index in [4.69, 9.17) is 37.0 Å². The highest BCUT2D eigenvalue weighted by Crippen LogP contribution is 2.45. The number of aliphatic hydroxyl groups excluding tert-OH is 1. The molecule has 5 atom stereocenters. The van der Waals surface area contributed by atoms with Crippen molar-refractivity contribution < 1.29 is 80.2 Å². The average Bonchev–Trinajstić information content (AvgIpc) is 3.70. The van der Waals surface area contributed by atoms with Crippen molar-refractivity contribution in [1.29, 1.82) is 0 Å². The Morgan fingerprint density at radius 2 is 0.449 bits per heavy atom. The summed E-state index contributed by atoms with van der Waals surface area (Å²) in [6.45, 7) is 4.89. The first-order valence-corrected chi connectivity index (χ1v) is 39.8. The summed E-state index contributed by atoms with van der Waals surface area (Å²) in [6, 6.07) is 0. The molecule has 0 spiro atoms. The second-order valence-electron chi connectivity index (χ2n) is 25.3. The van der Waals surface area contributed by atoms with Gasteiger partial charge in [-0.25, -0.2) is 9.13 Å². The smallest absolute Gasteiger partial charge is 0.462 e. The maximum absolute atomic E-state index is 13.0. The molecule has 0 aliphatic rings. The minimum atomic E-state index is -4.95. The third kappa shape index (κ3) is 64.6. The molecule has 19 heteroatoms. The predicted molar refractivity (Wildman–Crippen MR) is 359 cm³/mol. The van der Waals surface area contributed by atoms with Crippen LogP contribution in [0.4, 0.5) is 0 Å². The second kappa shape index (κ2) is 64.8. The number of phosphoric ester groups is 2. The average molecular weight is 1310 g/mol. The highest BCUT2D eigenvalue weighted by atomic mass is 31.2. The Kier molecular flexibility index (Phi) is 63.3. The maximum atomic E-state index is 13.0. The lowest BCUT2D eigenvalue weighted by atomic mass is 10.0. The van der Waals surface area contributed by atoms with Crippen LogP contribution in [-0.4, -0.2) is 96.7 Å². The zero-order chi connectivity index (χ0) is 65.4. The van der Waals surface area contributed by atoms with Gasteiger partial charge in [-0.05, 0) is 25.7 Å². The molecule has 3 N–H and O–H groups in total. The normalized spacial score (nSPS) is 14.0. The molecule has 89 heavy (non-hydrogen) atoms. The minimum Gasteiger partial charge on any atom is -0.462 e. The van der Waals surface area contributed by atoms with Crippen molar-refractivity contribution in [3.8, 4) is 0 Å². The molecular formula is C70H136O17P2. The Balaban J connectivity index is 5.16. The number of ether oxygens (including phenoxy) is 4. The molecule has 2 unspecified atom stereocenters. The fourth-order valence-electron chi connectivity index (χ4n) is 10.7. The summed E-state index contributed by atoms with van der Waals surface area (Å²) in [4.78, 5) is 72.3. The van der Waals surface area contributed by atoms with Gasteiger partial charge >= 0.3 is 39.5 Å². The number of esters is 4. The van der Waals surface area contributed by atoms with E-state index in [0.29, 0.717) is 25.7 Å². The van der Waals surface area contributed by atoms with E-state index in [2.05, 4.69) is 27.7 Å². The van der Waals surface area contributed by atoms with Crippen molar-refractivity contribution in [3.63, 3.8) is 0 Å². The van der Waals surface area contributed by atoms with Gasteiger partial charge in [0.25, 0.3) is 0 Å². The lowest BCUT2D eigenvalue weighted by Gasteiger charge is -2.21. The molecule has 0 aromatic rings. The zero-order valence-electron chi connectivity index (χ0n) is 57.4. The summed E-state index contributed by atoms with van der Waals surface area (Å²) in [5.74, 6) is -2.13. The van der Waals surface area contributed by atoms with E-state index in [-0.39, 0.29) is 25.7 Å². The Hall–Kier alpha value is -1.94. The van der Waals surface area contributed by atoms with Crippen LogP contribution in [0.1, 0.15) is 368 Å². The number of hydrogen-bond donors (Lipinski definition) is 3. The Labute approximate surface area is 543 Å². The van der Waals surface area contributed by atoms with Gasteiger partial charge in [-0.3, -0.25) is 37.3 Å². The second-order valence-corrected chi connectivity index (χ2v) is 28.2. The Bertz CT molecular complexity index is 1710. The molecule has 17 nitrogen and oxygen atoms in total. The molecular weight excluding hydrogens is 1170 g/mol. The lowest BCUT2D eigenvalue weighted by Crippen LogP contribution is -2.30. The summed E-state index contributed by atoms with van der Waals surface area (Å²) in [6.07, 6.45) is 52.9. The van der Waals surface area contributed by atoms with Crippen LogP contribution in [-0.2, 0) is 65.4 Å². The fourth-order valence-corrected chi connectivity index (χ4v) is 12.3. The van der Waals surface area contributed by atoms with Gasteiger partial charge in [0.05, 0.1) is 26.4 Å². The molecule has 0 saturated heterocycles. The molecule has 0 bridgehead atoms. The quantitative estimate of drug-likeness (QED) is 0.0222. The molecule has 0 rings (SSSR count). The number of unbranched alkanes of at least 4 members (excludes halogenated alkanes) is 45. The van der Waals surface area contributed by atoms with Gasteiger partial charge in [0.1, 0.15) is 19.3 Å². The molecule has 528 valence electrons. The SMILES string of the molecule is CCCCCCCCCCCCCCCCCCCCCC(=O)O[C@H](COC(=O)CCCCCCCCCCCCCCCC)COP(=O)(O)OC[C@@H](O)COP(=O)(O)OC[C@@H](COC(=O)CCCCCCCCC)OC(=O)CCCCCCCCCCC. The summed E-state index contributed by atoms with van der Waals surface area (Å²) in [7, 11) is -9.89. The van der Waals surface area contributed by atoms with Crippen LogP contribution in [0.2, 0.25) is 0 Å². The Morgan fingerprint density at radius 3 is 0.663 bits per heavy atom. The van der Waals surface area contributed by atoms with Gasteiger partial charge in [0.2, 0.25) is 0 Å². The van der Waals surface area contributed by atoms with Gasteiger partial charge in [-0.2, -0.15) is 0 Å². The Morgan fingerprint density at radius 1 is 0.270 bits per heavy atom. The highest BCUT2D eigenvalue weighted by Gasteiger charge is 2.30. The van der Waals surface area contributed by atoms with Crippen molar-refractivity contribution in [1.82, 2.24) is 0 Å². The van der Waals surface area contributed by atoms with E-state index >= 15 is 0 Å². The van der Waals surface area contributed by atoms with Crippen LogP contribution in [0.15, 0.2) is 0 Å². The number of carbonyl (C=O) groups is 4. The largest absolute Gasteiger partial charge is 0.472 e. The van der Waals surface area contributed by atoms with Crippen molar-refractivity contribution in [3.05, 3.63) is 0 Å². The van der Waals surface area contributed by atoms with Gasteiger partial charge < -0.3 is 33.8 Å². The number of phosphoric acid groups is 2. The summed E-state index contributed by atoms with van der Waals surface area (Å²) >= 11 is 0. The van der Waals surface area contributed by atoms with E-state index in [0.717, 1.165) is 103 Å². The van der Waals surface area contributed by atoms with E-state index in [1.54, 1.807) is 0 Å². The van der Waals surface area contributed by atoms with Gasteiger partial charge in [-0.1, -0.05) is 317 Å². The topological polar surface area (TPSA) is 237 Å². The molecule has 0 heterocycles. The zero-order valence-corrected chi connectivity index (χ0v) is 59.2. The number of hydrogen-bond acceptors (Lipinski definition) is 15. The number of rotatable bonds is 71. The maximum Gasteiger partial charge on any atom is 0.472 e. The number of aliphatic hydroxyl groups is 1. The van der Waals surface area contributed by atoms with Crippen molar-refractivity contribution in [2.75, 3.05) is 39.6 Å². The standard InChI is InChI=1S/C70H136O17P2/c1-5-9-13-17-21-24-26-28-30-31-32-33-34-36-38-41-45-49-53-57-70(75)87-66(61-81-68(73)55-51-47-43-40-37-35-29-27-25-22-18-14-10-6-2)63-85-89(78,79)83-59-64(71)58-82-88(76,77)84-62-65(60-80-67(72)54-50-46-42-20-16-12-8-4)86-69(74)56-52-48-44-39-23-19-15-11-7-3/h64-66,71H,5-63H2,1-4H3,(H,76,77)(H,78,79)/t64-,65+,66+/m0/s1. The van der Waals surface area contributed by atoms with Gasteiger partial charge in [0.15, 0.2) is 12.2 Å². The van der Waals surface area contributed by atoms with Crippen LogP contribution in [0, 0.1) is 0 Å². The summed E-state index contributed by atoms with van der Waals surface area (Å²) in [5.41, 5.74) is 0. The van der Waals surface area contributed by atoms with Gasteiger partial charge in [-0.15, -0.1) is 0 Å². The summed E-state index contributed by atoms with van der Waals surface area (Å²) in [5, 5.41) is 10.6. The molecule has 0 radical (unpaired) electrons. The molecule has 0 aliphatic carbocycles. The van der Waals surface area contributed by atoms with E-state index < -0.39 is 97.5 Å². The van der Waals surface area contributed by atoms with Crippen LogP contribution >= 0.6 is 15.6 Å². The molecule has 0 saturated carbocycles. The minimum absolute atomic E-state index is 0.106. The molecule has 0 aromatic carbocycles. The van der Waals surface area contributed by atoms with Crippen molar-refractivity contribution >= 4 is 39.5 Å². The number of carbonyl (C=O) groups excluding carboxylic acids is 4. The predicted octanol–water partition coefficient (Wildman–Crippen LogP) is 20.3. The van der Waals surface area contributed by atoms with Crippen LogP contribution in [0.25, 0.3) is 0 Å². The summed E-state index contributed by atoms with van der Waals surface area (Å²) < 4.78 is 68.1. The third-order valence-corrected chi connectivity index (χ3v) is 18.3. The van der Waals surface area contributed by atoms with Crippen LogP contribution in [0.5, 0.6) is 0 Å². The van der Waals surface area contributed by atoms with E-state index in [1.807, 2.05) is 0 Å². The first-order valence-electron chi connectivity index (χ1n) is 36.8. The fraction of sp³-hybridized carbons (Fsp3) is 0.943. The molecule has 0 aromatic heterocycles. The molecule has 0 fully saturated rings. The van der Waals surface area contributed by atoms with Crippen LogP contribution in [0.3, 0.4) is 0 Å². The first-order chi connectivity index (χ1) is 43.2. The van der Waals surface area contributed by atoms with E-state index in [1.165, 1.54) is 186 Å². The highest BCUT2D eigenvalue weighted by molar-refractivity contribution is 7.47. The third-order valence-electron chi connectivity index (χ3n) is 16.4. The monoisotopic (exact) mass is 1310 g/mol. The van der Waals surface area contributed by atoms with Crippen molar-refractivity contribution in [2.45, 2.75) is 386 Å². The van der Waals surface area contributed by atoms with Crippen LogP contribution < -0.4 is 0 Å². The van der Waals surface area contributed by atoms with E-state index in [9.17, 15) is 43.2 Å². The lowest BCUT2D eigenvalue weighted by molar-refractivity contribution is -0.161. The molecule has 0 amide bonds.